The van der Waals surface area contributed by atoms with E-state index in [0.717, 1.165) is 25.9 Å². The number of rotatable bonds is 7. The largest absolute Gasteiger partial charge is 0.324 e. The lowest BCUT2D eigenvalue weighted by Gasteiger charge is -2.25. The summed E-state index contributed by atoms with van der Waals surface area (Å²) in [5.74, 6) is -0.512. The number of halogens is 1. The van der Waals surface area contributed by atoms with Gasteiger partial charge in [-0.15, -0.1) is 0 Å². The SMILES string of the molecule is CCn1c(=O)sc2cc(NC(=O)CN(c3ccccc3C)S(=O)(=O)c3ccc(Cl)cc3)ccc21. The lowest BCUT2D eigenvalue weighted by Crippen LogP contribution is -2.38. The van der Waals surface area contributed by atoms with Gasteiger partial charge < -0.3 is 5.32 Å². The van der Waals surface area contributed by atoms with Crippen LogP contribution >= 0.6 is 22.9 Å². The van der Waals surface area contributed by atoms with Crippen molar-refractivity contribution in [2.45, 2.75) is 25.3 Å². The van der Waals surface area contributed by atoms with Crippen molar-refractivity contribution < 1.29 is 13.2 Å². The highest BCUT2D eigenvalue weighted by Crippen LogP contribution is 2.28. The minimum Gasteiger partial charge on any atom is -0.324 e. The van der Waals surface area contributed by atoms with Crippen molar-refractivity contribution in [3.05, 3.63) is 87.0 Å². The maximum absolute atomic E-state index is 13.5. The third-order valence-corrected chi connectivity index (χ3v) is 8.31. The van der Waals surface area contributed by atoms with Crippen LogP contribution in [0.4, 0.5) is 11.4 Å². The zero-order valence-electron chi connectivity index (χ0n) is 18.5. The molecule has 3 aromatic carbocycles. The fraction of sp³-hybridized carbons (Fsp3) is 0.167. The topological polar surface area (TPSA) is 88.5 Å². The summed E-state index contributed by atoms with van der Waals surface area (Å²) in [6, 6.07) is 18.0. The standard InChI is InChI=1S/C24H22ClN3O4S2/c1-3-27-21-13-10-18(14-22(21)33-24(27)30)26-23(29)15-28(20-7-5-4-6-16(20)2)34(31,32)19-11-8-17(25)9-12-19/h4-14H,3,15H2,1-2H3,(H,26,29). The predicted molar refractivity (Wildman–Crippen MR) is 138 cm³/mol. The Kier molecular flexibility index (Phi) is 6.79. The molecule has 1 heterocycles. The first kappa shape index (κ1) is 24.0. The molecule has 4 aromatic rings. The number of nitrogens with one attached hydrogen (secondary N) is 1. The smallest absolute Gasteiger partial charge is 0.308 e. The van der Waals surface area contributed by atoms with Gasteiger partial charge in [0.2, 0.25) is 5.91 Å². The summed E-state index contributed by atoms with van der Waals surface area (Å²) in [6.07, 6.45) is 0. The zero-order valence-corrected chi connectivity index (χ0v) is 20.9. The molecule has 7 nitrogen and oxygen atoms in total. The van der Waals surface area contributed by atoms with Crippen molar-refractivity contribution in [3.63, 3.8) is 0 Å². The van der Waals surface area contributed by atoms with E-state index in [2.05, 4.69) is 5.32 Å². The van der Waals surface area contributed by atoms with Gasteiger partial charge in [0, 0.05) is 17.3 Å². The van der Waals surface area contributed by atoms with E-state index in [4.69, 9.17) is 11.6 Å². The first-order valence-electron chi connectivity index (χ1n) is 10.5. The number of hydrogen-bond donors (Lipinski definition) is 1. The molecule has 0 fully saturated rings. The fourth-order valence-corrected chi connectivity index (χ4v) is 6.26. The second kappa shape index (κ2) is 9.61. The Morgan fingerprint density at radius 3 is 2.47 bits per heavy atom. The van der Waals surface area contributed by atoms with Crippen LogP contribution in [0.5, 0.6) is 0 Å². The molecule has 0 aliphatic rings. The molecule has 0 saturated carbocycles. The summed E-state index contributed by atoms with van der Waals surface area (Å²) in [6.45, 7) is 3.80. The number of aromatic nitrogens is 1. The van der Waals surface area contributed by atoms with Crippen LogP contribution in [0.3, 0.4) is 0 Å². The quantitative estimate of drug-likeness (QED) is 0.380. The molecule has 0 atom stereocenters. The van der Waals surface area contributed by atoms with Gasteiger partial charge in [-0.1, -0.05) is 41.1 Å². The lowest BCUT2D eigenvalue weighted by atomic mass is 10.2. The molecular formula is C24H22ClN3O4S2. The third kappa shape index (κ3) is 4.72. The molecule has 1 aromatic heterocycles. The average molecular weight is 516 g/mol. The highest BCUT2D eigenvalue weighted by Gasteiger charge is 2.28. The Labute approximate surface area is 206 Å². The van der Waals surface area contributed by atoms with Crippen molar-refractivity contribution in [1.29, 1.82) is 0 Å². The Morgan fingerprint density at radius 1 is 1.09 bits per heavy atom. The van der Waals surface area contributed by atoms with Gasteiger partial charge in [0.25, 0.3) is 10.0 Å². The third-order valence-electron chi connectivity index (χ3n) is 5.34. The van der Waals surface area contributed by atoms with Gasteiger partial charge in [-0.05, 0) is 67.9 Å². The number of fused-ring (bicyclic) bond motifs is 1. The number of para-hydroxylation sites is 1. The molecule has 0 saturated heterocycles. The minimum atomic E-state index is -4.05. The van der Waals surface area contributed by atoms with Crippen LogP contribution in [-0.4, -0.2) is 25.4 Å². The van der Waals surface area contributed by atoms with Crippen molar-refractivity contribution in [2.24, 2.45) is 0 Å². The van der Waals surface area contributed by atoms with Gasteiger partial charge in [0.05, 0.1) is 20.8 Å². The average Bonchev–Trinajstić information content (AvgIpc) is 3.12. The maximum Gasteiger partial charge on any atom is 0.308 e. The number of hydrogen-bond acceptors (Lipinski definition) is 5. The first-order valence-corrected chi connectivity index (χ1v) is 13.1. The minimum absolute atomic E-state index is 0.0278. The zero-order chi connectivity index (χ0) is 24.5. The van der Waals surface area contributed by atoms with Gasteiger partial charge in [-0.25, -0.2) is 8.42 Å². The van der Waals surface area contributed by atoms with E-state index in [-0.39, 0.29) is 9.77 Å². The number of sulfonamides is 1. The van der Waals surface area contributed by atoms with E-state index in [1.54, 1.807) is 54.0 Å². The summed E-state index contributed by atoms with van der Waals surface area (Å²) < 4.78 is 30.5. The molecule has 0 unspecified atom stereocenters. The van der Waals surface area contributed by atoms with Crippen molar-refractivity contribution in [1.82, 2.24) is 4.57 Å². The van der Waals surface area contributed by atoms with E-state index in [1.807, 2.05) is 6.92 Å². The molecule has 1 amide bonds. The van der Waals surface area contributed by atoms with Crippen LogP contribution in [-0.2, 0) is 21.4 Å². The number of carbonyl (C=O) groups excluding carboxylic acids is 1. The number of anilines is 2. The number of thiazole rings is 1. The Balaban J connectivity index is 1.66. The van der Waals surface area contributed by atoms with Gasteiger partial charge in [0.1, 0.15) is 6.54 Å². The molecule has 0 radical (unpaired) electrons. The predicted octanol–water partition coefficient (Wildman–Crippen LogP) is 4.88. The van der Waals surface area contributed by atoms with Gasteiger partial charge in [-0.2, -0.15) is 0 Å². The van der Waals surface area contributed by atoms with E-state index in [0.29, 0.717) is 28.5 Å². The molecule has 0 bridgehead atoms. The van der Waals surface area contributed by atoms with Gasteiger partial charge in [-0.3, -0.25) is 18.5 Å². The van der Waals surface area contributed by atoms with Crippen LogP contribution < -0.4 is 14.5 Å². The molecule has 10 heteroatoms. The van der Waals surface area contributed by atoms with E-state index in [1.165, 1.54) is 24.3 Å². The van der Waals surface area contributed by atoms with Gasteiger partial charge >= 0.3 is 4.87 Å². The second-order valence-electron chi connectivity index (χ2n) is 7.59. The van der Waals surface area contributed by atoms with Crippen LogP contribution in [0, 0.1) is 6.92 Å². The number of carbonyl (C=O) groups is 1. The number of aryl methyl sites for hydroxylation is 2. The normalized spacial score (nSPS) is 11.5. The summed E-state index contributed by atoms with van der Waals surface area (Å²) in [5.41, 5.74) is 2.39. The summed E-state index contributed by atoms with van der Waals surface area (Å²) >= 11 is 7.03. The maximum atomic E-state index is 13.5. The van der Waals surface area contributed by atoms with Crippen molar-refractivity contribution in [3.8, 4) is 0 Å². The van der Waals surface area contributed by atoms with Crippen LogP contribution in [0.2, 0.25) is 5.02 Å². The molecule has 176 valence electrons. The Hall–Kier alpha value is -3.14. The molecule has 0 aliphatic carbocycles. The Bertz CT molecular complexity index is 1530. The number of nitrogens with zero attached hydrogens (tertiary/aromatic N) is 2. The summed E-state index contributed by atoms with van der Waals surface area (Å²) in [5, 5.41) is 3.17. The van der Waals surface area contributed by atoms with Crippen molar-refractivity contribution >= 4 is 60.5 Å². The van der Waals surface area contributed by atoms with Crippen LogP contribution in [0.15, 0.2) is 76.4 Å². The number of amides is 1. The highest BCUT2D eigenvalue weighted by atomic mass is 35.5. The monoisotopic (exact) mass is 515 g/mol. The Morgan fingerprint density at radius 2 is 1.79 bits per heavy atom. The molecule has 34 heavy (non-hydrogen) atoms. The second-order valence-corrected chi connectivity index (χ2v) is 10.9. The number of benzene rings is 3. The summed E-state index contributed by atoms with van der Waals surface area (Å²) in [7, 11) is -4.05. The van der Waals surface area contributed by atoms with E-state index >= 15 is 0 Å². The molecule has 1 N–H and O–H groups in total. The van der Waals surface area contributed by atoms with Gasteiger partial charge in [0.15, 0.2) is 0 Å². The molecular weight excluding hydrogens is 494 g/mol. The summed E-state index contributed by atoms with van der Waals surface area (Å²) in [4.78, 5) is 25.1. The van der Waals surface area contributed by atoms with Crippen LogP contribution in [0.25, 0.3) is 10.2 Å². The lowest BCUT2D eigenvalue weighted by molar-refractivity contribution is -0.114. The highest BCUT2D eigenvalue weighted by molar-refractivity contribution is 7.92. The molecule has 0 spiro atoms. The van der Waals surface area contributed by atoms with Crippen molar-refractivity contribution in [2.75, 3.05) is 16.2 Å². The first-order chi connectivity index (χ1) is 16.2. The fourth-order valence-electron chi connectivity index (χ4n) is 3.65. The van der Waals surface area contributed by atoms with E-state index < -0.39 is 22.5 Å². The molecule has 0 aliphatic heterocycles. The van der Waals surface area contributed by atoms with Crippen LogP contribution in [0.1, 0.15) is 12.5 Å². The molecule has 4 rings (SSSR count). The van der Waals surface area contributed by atoms with E-state index in [9.17, 15) is 18.0 Å².